The van der Waals surface area contributed by atoms with E-state index < -0.39 is 0 Å². The van der Waals surface area contributed by atoms with Crippen molar-refractivity contribution in [1.29, 1.82) is 0 Å². The topological polar surface area (TPSA) is 24.9 Å². The Labute approximate surface area is 96.1 Å². The highest BCUT2D eigenvalue weighted by atomic mass is 32.1. The van der Waals surface area contributed by atoms with Crippen LogP contribution in [0.1, 0.15) is 41.8 Å². The van der Waals surface area contributed by atoms with Gasteiger partial charge in [0.1, 0.15) is 5.01 Å². The van der Waals surface area contributed by atoms with Crippen molar-refractivity contribution in [2.24, 2.45) is 5.92 Å². The fourth-order valence-electron chi connectivity index (χ4n) is 1.97. The second-order valence-electron chi connectivity index (χ2n) is 4.61. The minimum atomic E-state index is 0.656. The fourth-order valence-corrected chi connectivity index (χ4v) is 2.85. The van der Waals surface area contributed by atoms with E-state index in [0.717, 1.165) is 12.5 Å². The van der Waals surface area contributed by atoms with Gasteiger partial charge in [-0.2, -0.15) is 0 Å². The Morgan fingerprint density at radius 2 is 2.20 bits per heavy atom. The lowest BCUT2D eigenvalue weighted by atomic mass is 9.80. The Bertz CT molecular complexity index is 309. The molecule has 0 spiro atoms. The molecule has 1 aliphatic carbocycles. The molecular weight excluding hydrogens is 204 g/mol. The summed E-state index contributed by atoms with van der Waals surface area (Å²) in [7, 11) is 0. The molecule has 2 nitrogen and oxygen atoms in total. The molecule has 1 fully saturated rings. The monoisotopic (exact) mass is 224 g/mol. The van der Waals surface area contributed by atoms with Crippen LogP contribution in [0.25, 0.3) is 0 Å². The second-order valence-corrected chi connectivity index (χ2v) is 5.90. The third-order valence-corrected chi connectivity index (χ3v) is 4.58. The molecule has 0 aromatic carbocycles. The smallest absolute Gasteiger partial charge is 0.107 e. The molecule has 0 bridgehead atoms. The van der Waals surface area contributed by atoms with Crippen molar-refractivity contribution in [3.05, 3.63) is 15.6 Å². The molecule has 15 heavy (non-hydrogen) atoms. The number of aryl methyl sites for hydroxylation is 2. The van der Waals surface area contributed by atoms with E-state index in [1.54, 1.807) is 0 Å². The standard InChI is InChI=1S/C12H20N2S/c1-8-10(3)15-12(14-8)7-13-9(2)11-5-4-6-11/h9,11,13H,4-7H2,1-3H3. The zero-order valence-corrected chi connectivity index (χ0v) is 10.7. The van der Waals surface area contributed by atoms with E-state index in [9.17, 15) is 0 Å². The van der Waals surface area contributed by atoms with E-state index in [0.29, 0.717) is 6.04 Å². The highest BCUT2D eigenvalue weighted by Gasteiger charge is 2.23. The lowest BCUT2D eigenvalue weighted by molar-refractivity contribution is 0.240. The summed E-state index contributed by atoms with van der Waals surface area (Å²) in [5.74, 6) is 0.909. The zero-order valence-electron chi connectivity index (χ0n) is 9.84. The molecule has 1 aromatic rings. The van der Waals surface area contributed by atoms with Crippen LogP contribution in [0.5, 0.6) is 0 Å². The number of hydrogen-bond donors (Lipinski definition) is 1. The van der Waals surface area contributed by atoms with Crippen LogP contribution in [-0.4, -0.2) is 11.0 Å². The average Bonchev–Trinajstić information content (AvgIpc) is 2.40. The van der Waals surface area contributed by atoms with Crippen molar-refractivity contribution < 1.29 is 0 Å². The Balaban J connectivity index is 1.81. The van der Waals surface area contributed by atoms with Gasteiger partial charge < -0.3 is 5.32 Å². The predicted molar refractivity (Wildman–Crippen MR) is 65.2 cm³/mol. The van der Waals surface area contributed by atoms with Crippen LogP contribution in [-0.2, 0) is 6.54 Å². The van der Waals surface area contributed by atoms with Crippen molar-refractivity contribution in [3.8, 4) is 0 Å². The van der Waals surface area contributed by atoms with Crippen LogP contribution in [0.3, 0.4) is 0 Å². The van der Waals surface area contributed by atoms with Gasteiger partial charge in [-0.3, -0.25) is 0 Å². The quantitative estimate of drug-likeness (QED) is 0.850. The van der Waals surface area contributed by atoms with E-state index in [2.05, 4.69) is 31.1 Å². The fraction of sp³-hybridized carbons (Fsp3) is 0.750. The van der Waals surface area contributed by atoms with Gasteiger partial charge >= 0.3 is 0 Å². The van der Waals surface area contributed by atoms with Crippen molar-refractivity contribution in [2.75, 3.05) is 0 Å². The SMILES string of the molecule is Cc1nc(CNC(C)C2CCC2)sc1C. The molecule has 0 amide bonds. The van der Waals surface area contributed by atoms with Crippen LogP contribution in [0.15, 0.2) is 0 Å². The summed E-state index contributed by atoms with van der Waals surface area (Å²) in [5.41, 5.74) is 1.19. The molecule has 0 aliphatic heterocycles. The summed E-state index contributed by atoms with van der Waals surface area (Å²) in [6.07, 6.45) is 4.24. The van der Waals surface area contributed by atoms with Crippen LogP contribution in [0.2, 0.25) is 0 Å². The van der Waals surface area contributed by atoms with Crippen LogP contribution in [0, 0.1) is 19.8 Å². The van der Waals surface area contributed by atoms with E-state index in [1.165, 1.54) is 34.8 Å². The Morgan fingerprint density at radius 1 is 1.47 bits per heavy atom. The largest absolute Gasteiger partial charge is 0.308 e. The predicted octanol–water partition coefficient (Wildman–Crippen LogP) is 3.04. The van der Waals surface area contributed by atoms with E-state index in [-0.39, 0.29) is 0 Å². The van der Waals surface area contributed by atoms with Gasteiger partial charge in [0.2, 0.25) is 0 Å². The first kappa shape index (κ1) is 11.1. The van der Waals surface area contributed by atoms with Gasteiger partial charge in [-0.1, -0.05) is 6.42 Å². The van der Waals surface area contributed by atoms with Crippen LogP contribution in [0.4, 0.5) is 0 Å². The molecule has 1 aromatic heterocycles. The summed E-state index contributed by atoms with van der Waals surface area (Å²) in [5, 5.41) is 4.82. The summed E-state index contributed by atoms with van der Waals surface area (Å²) < 4.78 is 0. The number of nitrogens with zero attached hydrogens (tertiary/aromatic N) is 1. The molecule has 2 rings (SSSR count). The van der Waals surface area contributed by atoms with Gasteiger partial charge in [0.05, 0.1) is 5.69 Å². The van der Waals surface area contributed by atoms with Gasteiger partial charge in [0.25, 0.3) is 0 Å². The number of rotatable bonds is 4. The maximum Gasteiger partial charge on any atom is 0.107 e. The Kier molecular flexibility index (Phi) is 3.42. The molecule has 1 N–H and O–H groups in total. The molecule has 1 aliphatic rings. The first-order valence-corrected chi connectivity index (χ1v) is 6.64. The number of nitrogens with one attached hydrogen (secondary N) is 1. The van der Waals surface area contributed by atoms with Crippen molar-refractivity contribution in [3.63, 3.8) is 0 Å². The molecule has 1 heterocycles. The normalized spacial score (nSPS) is 18.9. The second kappa shape index (κ2) is 4.62. The molecule has 0 radical (unpaired) electrons. The highest BCUT2D eigenvalue weighted by molar-refractivity contribution is 7.11. The molecule has 1 saturated carbocycles. The minimum absolute atomic E-state index is 0.656. The summed E-state index contributed by atoms with van der Waals surface area (Å²) in [4.78, 5) is 5.89. The molecular formula is C12H20N2S. The first-order valence-electron chi connectivity index (χ1n) is 5.83. The van der Waals surface area contributed by atoms with Gasteiger partial charge in [0.15, 0.2) is 0 Å². The molecule has 84 valence electrons. The number of aromatic nitrogens is 1. The van der Waals surface area contributed by atoms with Gasteiger partial charge in [-0.05, 0) is 39.5 Å². The van der Waals surface area contributed by atoms with Crippen LogP contribution >= 0.6 is 11.3 Å². The maximum atomic E-state index is 4.54. The van der Waals surface area contributed by atoms with E-state index in [1.807, 2.05) is 11.3 Å². The Hall–Kier alpha value is -0.410. The van der Waals surface area contributed by atoms with Gasteiger partial charge in [-0.25, -0.2) is 4.98 Å². The lowest BCUT2D eigenvalue weighted by Crippen LogP contribution is -2.36. The number of hydrogen-bond acceptors (Lipinski definition) is 3. The third kappa shape index (κ3) is 2.58. The molecule has 1 unspecified atom stereocenters. The van der Waals surface area contributed by atoms with E-state index >= 15 is 0 Å². The highest BCUT2D eigenvalue weighted by Crippen LogP contribution is 2.29. The van der Waals surface area contributed by atoms with Gasteiger partial charge in [0, 0.05) is 17.5 Å². The molecule has 3 heteroatoms. The average molecular weight is 224 g/mol. The molecule has 1 atom stereocenters. The minimum Gasteiger partial charge on any atom is -0.308 e. The van der Waals surface area contributed by atoms with Crippen LogP contribution < -0.4 is 5.32 Å². The summed E-state index contributed by atoms with van der Waals surface area (Å²) in [6.45, 7) is 7.48. The molecule has 0 saturated heterocycles. The third-order valence-electron chi connectivity index (χ3n) is 3.51. The van der Waals surface area contributed by atoms with Crippen molar-refractivity contribution in [2.45, 2.75) is 52.6 Å². The maximum absolute atomic E-state index is 4.54. The van der Waals surface area contributed by atoms with Crippen molar-refractivity contribution in [1.82, 2.24) is 10.3 Å². The Morgan fingerprint density at radius 3 is 2.67 bits per heavy atom. The summed E-state index contributed by atoms with van der Waals surface area (Å²) >= 11 is 1.82. The first-order chi connectivity index (χ1) is 7.16. The van der Waals surface area contributed by atoms with Crippen molar-refractivity contribution >= 4 is 11.3 Å². The number of thiazole rings is 1. The lowest BCUT2D eigenvalue weighted by Gasteiger charge is -2.31. The summed E-state index contributed by atoms with van der Waals surface area (Å²) in [6, 6.07) is 0.656. The van der Waals surface area contributed by atoms with Gasteiger partial charge in [-0.15, -0.1) is 11.3 Å². The van der Waals surface area contributed by atoms with E-state index in [4.69, 9.17) is 0 Å². The zero-order chi connectivity index (χ0) is 10.8.